The zero-order valence-electron chi connectivity index (χ0n) is 65.2. The number of esters is 1. The molecule has 40 nitrogen and oxygen atoms in total. The molecule has 0 aromatic heterocycles. The van der Waals surface area contributed by atoms with Gasteiger partial charge in [0.25, 0.3) is 0 Å². The molecule has 0 bridgehead atoms. The number of aliphatic hydroxyl groups excluding tert-OH is 20. The van der Waals surface area contributed by atoms with Crippen LogP contribution in [0.3, 0.4) is 0 Å². The first-order valence-corrected chi connectivity index (χ1v) is 39.8. The van der Waals surface area contributed by atoms with Crippen LogP contribution in [0.25, 0.3) is 0 Å². The molecule has 21 N–H and O–H groups in total. The molecule has 40 heteroatoms. The second kappa shape index (κ2) is 33.9. The van der Waals surface area contributed by atoms with E-state index in [0.717, 1.165) is 11.9 Å². The molecule has 13 rings (SSSR count). The lowest BCUT2D eigenvalue weighted by atomic mass is 9.33. The zero-order valence-corrected chi connectivity index (χ0v) is 65.2. The van der Waals surface area contributed by atoms with E-state index in [0.29, 0.717) is 38.5 Å². The monoisotopic (exact) mass is 1660 g/mol. The first-order chi connectivity index (χ1) is 53.9. The van der Waals surface area contributed by atoms with Gasteiger partial charge in [-0.2, -0.15) is 0 Å². The van der Waals surface area contributed by atoms with Crippen LogP contribution in [0.1, 0.15) is 120 Å². The number of aldehydes is 1. The number of carbonyl (C=O) groups is 3. The van der Waals surface area contributed by atoms with Crippen molar-refractivity contribution in [1.82, 2.24) is 0 Å². The Bertz CT molecular complexity index is 3400. The van der Waals surface area contributed by atoms with E-state index in [9.17, 15) is 117 Å². The highest BCUT2D eigenvalue weighted by molar-refractivity contribution is 5.80. The summed E-state index contributed by atoms with van der Waals surface area (Å²) in [7, 11) is 0. The lowest BCUT2D eigenvalue weighted by Gasteiger charge is -2.71. The van der Waals surface area contributed by atoms with Gasteiger partial charge >= 0.3 is 11.9 Å². The molecule has 115 heavy (non-hydrogen) atoms. The normalized spacial score (nSPS) is 55.4. The van der Waals surface area contributed by atoms with Crippen molar-refractivity contribution in [2.45, 2.75) is 360 Å². The van der Waals surface area contributed by atoms with Gasteiger partial charge in [0.2, 0.25) is 6.29 Å². The molecule has 8 heterocycles. The smallest absolute Gasteiger partial charge is 0.335 e. The van der Waals surface area contributed by atoms with Crippen molar-refractivity contribution >= 4 is 18.2 Å². The molecule has 47 unspecified atom stereocenters. The van der Waals surface area contributed by atoms with Crippen molar-refractivity contribution in [1.29, 1.82) is 0 Å². The molecule has 0 radical (unpaired) electrons. The highest BCUT2D eigenvalue weighted by Crippen LogP contribution is 2.76. The molecule has 0 amide bonds. The predicted octanol–water partition coefficient (Wildman–Crippen LogP) is -7.50. The molecule has 13 aliphatic rings. The van der Waals surface area contributed by atoms with E-state index in [2.05, 4.69) is 40.7 Å². The van der Waals surface area contributed by atoms with E-state index in [1.165, 1.54) is 20.8 Å². The maximum absolute atomic E-state index is 16.1. The number of fused-ring (bicyclic) bond motifs is 7. The second-order valence-electron chi connectivity index (χ2n) is 35.9. The van der Waals surface area contributed by atoms with Crippen LogP contribution in [-0.4, -0.2) is 391 Å². The molecular weight excluding hydrogens is 1540 g/mol. The topological polar surface area (TPSA) is 624 Å². The summed E-state index contributed by atoms with van der Waals surface area (Å²) >= 11 is 0. The number of ether oxygens (including phenoxy) is 16. The maximum Gasteiger partial charge on any atom is 0.335 e. The van der Waals surface area contributed by atoms with E-state index in [1.54, 1.807) is 6.92 Å². The van der Waals surface area contributed by atoms with Gasteiger partial charge in [-0.05, 0) is 118 Å². The number of rotatable bonds is 19. The summed E-state index contributed by atoms with van der Waals surface area (Å²) in [6.45, 7) is 13.8. The lowest BCUT2D eigenvalue weighted by Crippen LogP contribution is -2.69. The van der Waals surface area contributed by atoms with E-state index in [4.69, 9.17) is 75.8 Å². The van der Waals surface area contributed by atoms with E-state index in [-0.39, 0.29) is 25.2 Å². The third kappa shape index (κ3) is 15.7. The van der Waals surface area contributed by atoms with E-state index >= 15 is 4.79 Å². The van der Waals surface area contributed by atoms with Crippen LogP contribution in [0.5, 0.6) is 0 Å². The average Bonchev–Trinajstić information content (AvgIpc) is 0.669. The number of hydrogen-bond donors (Lipinski definition) is 21. The molecule has 658 valence electrons. The number of carboxylic acids is 1. The van der Waals surface area contributed by atoms with Gasteiger partial charge in [0.05, 0.1) is 62.4 Å². The summed E-state index contributed by atoms with van der Waals surface area (Å²) in [6.07, 6.45) is -64.0. The Hall–Kier alpha value is -3.05. The van der Waals surface area contributed by atoms with Crippen LogP contribution in [0.15, 0.2) is 11.6 Å². The molecule has 8 aliphatic heterocycles. The molecule has 0 aromatic rings. The SMILES string of the molecule is CC1OC(OC2C(OC(=O)C34CCC(C)(C)CC3C3=CCC5C6(C)CCC(OC7OC(C(=O)O)C(O)C(OC8OCC(O)C(O)C8O)C7OC7OC(CO)C(O)C(O)C7O)C(C)(C=O)C6CCC5(C)C3(C)CC4O)OC(C)C(OC3OC(C)C(OC4OCC(O)C(OC5OCC(O)C(O)C5O)C4O)C(O)C3O)C2O)C(O)C(O)C1O. The highest BCUT2D eigenvalue weighted by atomic mass is 16.8. The largest absolute Gasteiger partial charge is 0.479 e. The fourth-order valence-electron chi connectivity index (χ4n) is 21.4. The van der Waals surface area contributed by atoms with Gasteiger partial charge in [0.1, 0.15) is 158 Å². The van der Waals surface area contributed by atoms with E-state index in [1.807, 2.05) is 0 Å². The molecular formula is C75H118O40. The zero-order chi connectivity index (χ0) is 83.9. The van der Waals surface area contributed by atoms with Crippen molar-refractivity contribution in [2.75, 3.05) is 26.4 Å². The Balaban J connectivity index is 0.746. The summed E-state index contributed by atoms with van der Waals surface area (Å²) in [5.74, 6) is -4.22. The Labute approximate surface area is 661 Å². The van der Waals surface area contributed by atoms with Crippen molar-refractivity contribution in [3.63, 3.8) is 0 Å². The van der Waals surface area contributed by atoms with Crippen LogP contribution >= 0.6 is 0 Å². The van der Waals surface area contributed by atoms with Gasteiger partial charge in [-0.3, -0.25) is 4.79 Å². The van der Waals surface area contributed by atoms with Crippen molar-refractivity contribution in [3.05, 3.63) is 11.6 Å². The Morgan fingerprint density at radius 2 is 0.957 bits per heavy atom. The minimum absolute atomic E-state index is 0.00166. The fourth-order valence-corrected chi connectivity index (χ4v) is 21.4. The Morgan fingerprint density at radius 3 is 1.56 bits per heavy atom. The average molecular weight is 1660 g/mol. The van der Waals surface area contributed by atoms with Crippen LogP contribution in [0, 0.1) is 50.2 Å². The number of aliphatic hydroxyl groups is 20. The van der Waals surface area contributed by atoms with Crippen molar-refractivity contribution in [3.8, 4) is 0 Å². The van der Waals surface area contributed by atoms with Crippen LogP contribution in [0.4, 0.5) is 0 Å². The second-order valence-corrected chi connectivity index (χ2v) is 35.9. The van der Waals surface area contributed by atoms with Gasteiger partial charge in [-0.1, -0.05) is 53.2 Å². The minimum atomic E-state index is -2.24. The van der Waals surface area contributed by atoms with Crippen LogP contribution in [0.2, 0.25) is 0 Å². The predicted molar refractivity (Wildman–Crippen MR) is 373 cm³/mol. The quantitative estimate of drug-likeness (QED) is 0.0247. The fraction of sp³-hybridized carbons (Fsp3) is 0.933. The lowest BCUT2D eigenvalue weighted by molar-refractivity contribution is -0.391. The molecule has 5 aliphatic carbocycles. The summed E-state index contributed by atoms with van der Waals surface area (Å²) in [5, 5.41) is 233. The Kier molecular flexibility index (Phi) is 26.4. The third-order valence-electron chi connectivity index (χ3n) is 28.5. The number of carboxylic acid groups (broad SMARTS) is 1. The summed E-state index contributed by atoms with van der Waals surface area (Å²) in [6, 6.07) is 0. The number of carbonyl (C=O) groups excluding carboxylic acids is 2. The first kappa shape index (κ1) is 89.7. The van der Waals surface area contributed by atoms with Gasteiger partial charge in [0.15, 0.2) is 56.2 Å². The van der Waals surface area contributed by atoms with Crippen LogP contribution in [-0.2, 0) is 90.2 Å². The molecule has 47 atom stereocenters. The van der Waals surface area contributed by atoms with Gasteiger partial charge in [-0.25, -0.2) is 4.79 Å². The standard InChI is InChI=1S/C75H118O40/c1-25-38(82)42(86)47(91)64(103-25)113-58-50(94)54(109-65-49(93)44(88)53(26(2)104-65)108-63-52(96)55(32(80)23-102-63)110-61-45(89)39(83)30(78)21-100-61)27(3)105-67(58)115-69(99)75-17-16-70(4,5)18-29(75)28-10-11-35-71(6)14-13-37(72(7,24-77)34(71)12-15-73(35,8)74(28,9)19-36(75)81)107-68-59(114-66-48(92)43(87)41(85)33(20-76)106-66)56(51(95)57(112-68)60(97)98)111-62-46(90)40(84)31(79)22-101-62/h10,24-27,29-59,61-68,76,78-96H,11-23H2,1-9H3,(H,97,98). The summed E-state index contributed by atoms with van der Waals surface area (Å²) in [5.41, 5.74) is -5.11. The first-order valence-electron chi connectivity index (χ1n) is 39.8. The van der Waals surface area contributed by atoms with Crippen LogP contribution < -0.4 is 0 Å². The van der Waals surface area contributed by atoms with Gasteiger partial charge in [-0.15, -0.1) is 0 Å². The van der Waals surface area contributed by atoms with E-state index < -0.39 is 322 Å². The molecule has 4 saturated carbocycles. The molecule has 0 aromatic carbocycles. The maximum atomic E-state index is 16.1. The number of allylic oxidation sites excluding steroid dienone is 2. The van der Waals surface area contributed by atoms with Gasteiger partial charge in [0, 0.05) is 0 Å². The number of aliphatic carboxylic acids is 1. The van der Waals surface area contributed by atoms with Gasteiger partial charge < -0.3 is 188 Å². The molecule has 0 spiro atoms. The van der Waals surface area contributed by atoms with Crippen molar-refractivity contribution in [2.24, 2.45) is 50.2 Å². The number of hydrogen-bond acceptors (Lipinski definition) is 39. The molecule has 8 saturated heterocycles. The minimum Gasteiger partial charge on any atom is -0.479 e. The summed E-state index contributed by atoms with van der Waals surface area (Å²) < 4.78 is 96.2. The van der Waals surface area contributed by atoms with Crippen molar-refractivity contribution < 1.29 is 197 Å². The molecule has 12 fully saturated rings. The third-order valence-corrected chi connectivity index (χ3v) is 28.5. The Morgan fingerprint density at radius 1 is 0.452 bits per heavy atom. The highest BCUT2D eigenvalue weighted by Gasteiger charge is 2.73. The summed E-state index contributed by atoms with van der Waals surface area (Å²) in [4.78, 5) is 43.4.